The molecule has 0 saturated heterocycles. The second-order valence-corrected chi connectivity index (χ2v) is 25.0. The van der Waals surface area contributed by atoms with Crippen molar-refractivity contribution >= 4 is 43.6 Å². The van der Waals surface area contributed by atoms with Crippen LogP contribution in [0.3, 0.4) is 0 Å². The fourth-order valence-electron chi connectivity index (χ4n) is 13.7. The van der Waals surface area contributed by atoms with Crippen molar-refractivity contribution in [3.63, 3.8) is 0 Å². The number of hydrogen-bond donors (Lipinski definition) is 3. The number of phenols is 2. The Kier molecular flexibility index (Phi) is 26.9. The molecule has 2 heterocycles. The molecule has 0 bridgehead atoms. The number of fused-ring (bicyclic) bond motifs is 6. The van der Waals surface area contributed by atoms with Crippen LogP contribution in [-0.2, 0) is 25.8 Å². The maximum atomic E-state index is 12.2. The first kappa shape index (κ1) is 68.3. The zero-order valence-electron chi connectivity index (χ0n) is 54.0. The van der Waals surface area contributed by atoms with Crippen LogP contribution in [0.1, 0.15) is 172 Å². The first-order valence-electron chi connectivity index (χ1n) is 33.5. The Morgan fingerprint density at radius 2 is 0.674 bits per heavy atom. The summed E-state index contributed by atoms with van der Waals surface area (Å²) in [6, 6.07) is 57.9. The minimum Gasteiger partial charge on any atom is -0.505 e. The van der Waals surface area contributed by atoms with Gasteiger partial charge in [-0.2, -0.15) is 0 Å². The summed E-state index contributed by atoms with van der Waals surface area (Å²) in [6.45, 7) is 7.92. The largest absolute Gasteiger partial charge is 0.505 e. The number of para-hydroxylation sites is 6. The monoisotopic (exact) mass is 1360 g/mol. The number of rotatable bonds is 30. The van der Waals surface area contributed by atoms with E-state index < -0.39 is 0 Å². The fraction of sp³-hybridized carbons (Fsp3) is 0.395. The predicted molar refractivity (Wildman–Crippen MR) is 373 cm³/mol. The van der Waals surface area contributed by atoms with Gasteiger partial charge in [0.15, 0.2) is 0 Å². The Bertz CT molecular complexity index is 3430. The van der Waals surface area contributed by atoms with Crippen molar-refractivity contribution in [1.29, 1.82) is 0 Å². The number of aliphatic hydroxyl groups excluding tert-OH is 1. The van der Waals surface area contributed by atoms with Crippen molar-refractivity contribution < 1.29 is 50.6 Å². The summed E-state index contributed by atoms with van der Waals surface area (Å²) in [5.74, 6) is 2.50. The zero-order valence-corrected chi connectivity index (χ0v) is 57.6. The molecule has 1 aliphatic rings. The van der Waals surface area contributed by atoms with Crippen LogP contribution in [0, 0.1) is 33.1 Å². The van der Waals surface area contributed by atoms with Crippen LogP contribution >= 0.6 is 0 Å². The minimum absolute atomic E-state index is 0. The van der Waals surface area contributed by atoms with Crippen LogP contribution in [0.15, 0.2) is 170 Å². The number of aliphatic hydroxyl groups is 1. The van der Waals surface area contributed by atoms with E-state index in [0.29, 0.717) is 19.8 Å². The van der Waals surface area contributed by atoms with Gasteiger partial charge in [0.2, 0.25) is 0 Å². The van der Waals surface area contributed by atoms with E-state index in [1.807, 2.05) is 48.5 Å². The van der Waals surface area contributed by atoms with Crippen molar-refractivity contribution in [2.24, 2.45) is 11.8 Å². The number of phenolic OH excluding ortho intramolecular Hbond substituents is 2. The van der Waals surface area contributed by atoms with Crippen LogP contribution in [0.5, 0.6) is 23.0 Å². The van der Waals surface area contributed by atoms with Crippen LogP contribution in [0.25, 0.3) is 77.2 Å². The molecule has 2 aromatic heterocycles. The van der Waals surface area contributed by atoms with Gasteiger partial charge in [0.25, 0.3) is 0 Å². The first-order chi connectivity index (χ1) is 42.8. The van der Waals surface area contributed by atoms with Crippen LogP contribution < -0.4 is 9.47 Å². The van der Waals surface area contributed by atoms with Gasteiger partial charge in [-0.1, -0.05) is 251 Å². The van der Waals surface area contributed by atoms with E-state index in [0.717, 1.165) is 132 Å². The van der Waals surface area contributed by atoms with Crippen LogP contribution in [0.4, 0.5) is 0 Å². The second kappa shape index (κ2) is 35.1. The molecule has 1 aliphatic carbocycles. The molecular formula is C81H99HfN2O5-. The molecule has 0 unspecified atom stereocenters. The van der Waals surface area contributed by atoms with Gasteiger partial charge in [-0.15, -0.1) is 0 Å². The van der Waals surface area contributed by atoms with Gasteiger partial charge in [0.1, 0.15) is 23.0 Å². The van der Waals surface area contributed by atoms with Crippen molar-refractivity contribution in [2.75, 3.05) is 19.8 Å². The molecule has 468 valence electrons. The molecule has 0 aliphatic heterocycles. The van der Waals surface area contributed by atoms with Gasteiger partial charge in [-0.05, 0) is 117 Å². The number of hydrogen-bond acceptors (Lipinski definition) is 5. The molecule has 10 aromatic rings. The van der Waals surface area contributed by atoms with Gasteiger partial charge in [0, 0.05) is 76.2 Å². The number of nitrogens with zero attached hydrogens (tertiary/aromatic N) is 2. The van der Waals surface area contributed by atoms with Gasteiger partial charge >= 0.3 is 0 Å². The molecule has 1 saturated carbocycles. The van der Waals surface area contributed by atoms with Crippen molar-refractivity contribution in [1.82, 2.24) is 9.13 Å². The van der Waals surface area contributed by atoms with E-state index in [-0.39, 0.29) is 56.6 Å². The maximum Gasteiger partial charge on any atom is 0.147 e. The molecule has 1 fully saturated rings. The molecule has 0 spiro atoms. The summed E-state index contributed by atoms with van der Waals surface area (Å²) < 4.78 is 18.0. The number of aromatic hydroxyl groups is 2. The molecule has 89 heavy (non-hydrogen) atoms. The van der Waals surface area contributed by atoms with Gasteiger partial charge in [-0.25, -0.2) is 0 Å². The summed E-state index contributed by atoms with van der Waals surface area (Å²) in [5.41, 5.74) is 11.0. The Morgan fingerprint density at radius 3 is 1.00 bits per heavy atom. The Hall–Kier alpha value is -6.61. The molecule has 2 atom stereocenters. The number of benzene rings is 8. The molecule has 8 aromatic carbocycles. The molecule has 7 nitrogen and oxygen atoms in total. The average molecular weight is 1360 g/mol. The van der Waals surface area contributed by atoms with Crippen molar-refractivity contribution in [3.05, 3.63) is 188 Å². The standard InChI is InChI=1S/C58H50N2O4.C22H46O.CH3.Hf/c1-37-31-47(57(61)53(33-37)59-49-25-11-5-19-41(49)42-20-6-12-26-50(42)59)45-23-9-15-29-55(45)63-35-39-17-3-4-18-40(39)36-64-56-30-16-10-24-46(56)48-32-38(2)34-54(58(48)62)60-51-27-13-7-21-43(51)44-22-8-14-28-52(44)60;1-2-3-4-5-6-7-8-9-10-11-12-13-14-15-16-17-18-19-20-21-22-23;;/h5-16,19-34,39-40,61-62H,3-4,17-18,35-36H2,1-2H3;23H,2-22H2,1H3;1H3;/q;;-1;/t39-,40-;;;/m0.../s1. The predicted octanol–water partition coefficient (Wildman–Crippen LogP) is 22.8. The summed E-state index contributed by atoms with van der Waals surface area (Å²) in [5, 5.41) is 37.7. The third-order valence-electron chi connectivity index (χ3n) is 18.4. The smallest absolute Gasteiger partial charge is 0.147 e. The van der Waals surface area contributed by atoms with Gasteiger partial charge < -0.3 is 41.4 Å². The quantitative estimate of drug-likeness (QED) is 0.0237. The van der Waals surface area contributed by atoms with Crippen LogP contribution in [0.2, 0.25) is 0 Å². The topological polar surface area (TPSA) is 89.0 Å². The van der Waals surface area contributed by atoms with Crippen molar-refractivity contribution in [3.8, 4) is 56.6 Å². The third kappa shape index (κ3) is 17.3. The molecular weight excluding hydrogens is 1260 g/mol. The van der Waals surface area contributed by atoms with Crippen molar-refractivity contribution in [2.45, 2.75) is 175 Å². The maximum absolute atomic E-state index is 12.2. The first-order valence-corrected chi connectivity index (χ1v) is 33.5. The Labute approximate surface area is 551 Å². The van der Waals surface area contributed by atoms with Gasteiger partial charge in [-0.3, -0.25) is 0 Å². The summed E-state index contributed by atoms with van der Waals surface area (Å²) in [7, 11) is 0. The fourth-order valence-corrected chi connectivity index (χ4v) is 13.7. The number of aromatic nitrogens is 2. The summed E-state index contributed by atoms with van der Waals surface area (Å²) in [6.07, 6.45) is 32.5. The average Bonchev–Trinajstić information content (AvgIpc) is 1.88. The summed E-state index contributed by atoms with van der Waals surface area (Å²) in [4.78, 5) is 0. The molecule has 0 radical (unpaired) electrons. The summed E-state index contributed by atoms with van der Waals surface area (Å²) >= 11 is 0. The van der Waals surface area contributed by atoms with E-state index in [1.165, 1.54) is 122 Å². The Balaban J connectivity index is 0.000000351. The number of aryl methyl sites for hydroxylation is 2. The Morgan fingerprint density at radius 1 is 0.382 bits per heavy atom. The molecule has 8 heteroatoms. The number of ether oxygens (including phenoxy) is 2. The zero-order chi connectivity index (χ0) is 60.2. The van der Waals surface area contributed by atoms with Gasteiger partial charge in [0.05, 0.1) is 46.7 Å². The third-order valence-corrected chi connectivity index (χ3v) is 18.4. The van der Waals surface area contributed by atoms with E-state index in [2.05, 4.69) is 151 Å². The SMILES string of the molecule is CCCCCCCCCCCCCCCCCCCCCCO.Cc1cc(-c2ccccc2OC[C@@H]2CCCC[C@H]2COc2ccccc2-c2cc(C)cc(-n3c4ccccc4c4ccccc43)c2O)c(O)c(-n2c3ccccc3c3ccccc32)c1.[CH3-].[Hf]. The van der Waals surface area contributed by atoms with E-state index >= 15 is 0 Å². The normalized spacial score (nSPS) is 13.9. The van der Waals surface area contributed by atoms with Crippen LogP contribution in [-0.4, -0.2) is 44.3 Å². The number of unbranched alkanes of at least 4 members (excludes halogenated alkanes) is 19. The molecule has 11 rings (SSSR count). The molecule has 3 N–H and O–H groups in total. The van der Waals surface area contributed by atoms with E-state index in [9.17, 15) is 10.2 Å². The minimum atomic E-state index is 0. The van der Waals surface area contributed by atoms with E-state index in [4.69, 9.17) is 14.6 Å². The van der Waals surface area contributed by atoms with E-state index in [1.54, 1.807) is 0 Å². The molecule has 0 amide bonds. The second-order valence-electron chi connectivity index (χ2n) is 25.0.